The standard InChI is InChI=1S/C11H18N2O4/c1-6-11(13,5-12)8-7(9(14-4)15-6)16-10(2,3)17-8/h6-9H,13H2,1-4H3/t6-,7+,8-,9+,11+/m0/s1. The molecule has 2 N–H and O–H groups in total. The second-order valence-electron chi connectivity index (χ2n) is 4.95. The Bertz CT molecular complexity index is 354. The van der Waals surface area contributed by atoms with Crippen molar-refractivity contribution in [2.24, 2.45) is 5.73 Å². The van der Waals surface area contributed by atoms with Crippen molar-refractivity contribution in [1.29, 1.82) is 5.26 Å². The lowest BCUT2D eigenvalue weighted by atomic mass is 9.83. The summed E-state index contributed by atoms with van der Waals surface area (Å²) in [6, 6.07) is 2.08. The Labute approximate surface area is 101 Å². The third-order valence-corrected chi connectivity index (χ3v) is 3.30. The van der Waals surface area contributed by atoms with Gasteiger partial charge < -0.3 is 24.7 Å². The molecular weight excluding hydrogens is 224 g/mol. The lowest BCUT2D eigenvalue weighted by Crippen LogP contribution is -2.68. The van der Waals surface area contributed by atoms with Crippen LogP contribution in [0.2, 0.25) is 0 Å². The summed E-state index contributed by atoms with van der Waals surface area (Å²) in [6.45, 7) is 5.29. The molecule has 6 heteroatoms. The Hall–Kier alpha value is -0.710. The Morgan fingerprint density at radius 2 is 2.00 bits per heavy atom. The molecule has 0 unspecified atom stereocenters. The molecule has 6 nitrogen and oxygen atoms in total. The zero-order valence-corrected chi connectivity index (χ0v) is 10.5. The van der Waals surface area contributed by atoms with Crippen molar-refractivity contribution in [2.45, 2.75) is 56.7 Å². The first-order valence-electron chi connectivity index (χ1n) is 5.58. The molecule has 0 saturated carbocycles. The van der Waals surface area contributed by atoms with Gasteiger partial charge in [0.05, 0.1) is 12.2 Å². The number of ether oxygens (including phenoxy) is 4. The molecule has 2 rings (SSSR count). The maximum Gasteiger partial charge on any atom is 0.186 e. The lowest BCUT2D eigenvalue weighted by Gasteiger charge is -2.43. The minimum atomic E-state index is -1.23. The third-order valence-electron chi connectivity index (χ3n) is 3.30. The van der Waals surface area contributed by atoms with Crippen LogP contribution in [-0.4, -0.2) is 43.0 Å². The predicted molar refractivity (Wildman–Crippen MR) is 57.7 cm³/mol. The van der Waals surface area contributed by atoms with Gasteiger partial charge in [-0.3, -0.25) is 0 Å². The van der Waals surface area contributed by atoms with Crippen LogP contribution in [0.15, 0.2) is 0 Å². The number of methoxy groups -OCH3 is 1. The van der Waals surface area contributed by atoms with Gasteiger partial charge in [0.2, 0.25) is 0 Å². The summed E-state index contributed by atoms with van der Waals surface area (Å²) in [6.07, 6.45) is -2.11. The van der Waals surface area contributed by atoms with Crippen molar-refractivity contribution in [1.82, 2.24) is 0 Å². The van der Waals surface area contributed by atoms with E-state index in [4.69, 9.17) is 24.7 Å². The largest absolute Gasteiger partial charge is 0.353 e. The van der Waals surface area contributed by atoms with Crippen LogP contribution in [0.4, 0.5) is 0 Å². The van der Waals surface area contributed by atoms with E-state index in [2.05, 4.69) is 6.07 Å². The molecule has 0 amide bonds. The van der Waals surface area contributed by atoms with Crippen LogP contribution in [0, 0.1) is 11.3 Å². The van der Waals surface area contributed by atoms with E-state index in [1.807, 2.05) is 0 Å². The second kappa shape index (κ2) is 3.90. The van der Waals surface area contributed by atoms with Crippen LogP contribution < -0.4 is 5.73 Å². The Morgan fingerprint density at radius 1 is 1.35 bits per heavy atom. The van der Waals surface area contributed by atoms with Crippen molar-refractivity contribution in [3.8, 4) is 6.07 Å². The van der Waals surface area contributed by atoms with Gasteiger partial charge in [0, 0.05) is 7.11 Å². The fourth-order valence-electron chi connectivity index (χ4n) is 2.32. The molecule has 2 fully saturated rings. The Kier molecular flexibility index (Phi) is 2.92. The van der Waals surface area contributed by atoms with Gasteiger partial charge in [-0.25, -0.2) is 0 Å². The van der Waals surface area contributed by atoms with Crippen LogP contribution in [0.3, 0.4) is 0 Å². The van der Waals surface area contributed by atoms with Gasteiger partial charge in [0.25, 0.3) is 0 Å². The van der Waals surface area contributed by atoms with E-state index in [1.165, 1.54) is 7.11 Å². The van der Waals surface area contributed by atoms with Gasteiger partial charge in [0.15, 0.2) is 17.6 Å². The van der Waals surface area contributed by atoms with Crippen LogP contribution >= 0.6 is 0 Å². The van der Waals surface area contributed by atoms with Crippen LogP contribution in [0.25, 0.3) is 0 Å². The molecule has 96 valence electrons. The topological polar surface area (TPSA) is 86.7 Å². The van der Waals surface area contributed by atoms with Gasteiger partial charge in [-0.2, -0.15) is 5.26 Å². The van der Waals surface area contributed by atoms with Crippen LogP contribution in [0.1, 0.15) is 20.8 Å². The SMILES string of the molecule is CO[C@@H]1O[C@@H](C)[C@](N)(C#N)[C@H]2OC(C)(C)O[C@@H]12. The summed E-state index contributed by atoms with van der Waals surface area (Å²) in [5, 5.41) is 9.27. The van der Waals surface area contributed by atoms with E-state index in [1.54, 1.807) is 20.8 Å². The number of hydrogen-bond donors (Lipinski definition) is 1. The third kappa shape index (κ3) is 1.84. The molecule has 2 saturated heterocycles. The number of nitriles is 1. The molecule has 5 atom stereocenters. The van der Waals surface area contributed by atoms with Gasteiger partial charge in [0.1, 0.15) is 12.2 Å². The van der Waals surface area contributed by atoms with Gasteiger partial charge in [-0.1, -0.05) is 0 Å². The molecule has 0 aromatic heterocycles. The van der Waals surface area contributed by atoms with E-state index < -0.39 is 35.9 Å². The number of fused-ring (bicyclic) bond motifs is 1. The summed E-state index contributed by atoms with van der Waals surface area (Å²) >= 11 is 0. The summed E-state index contributed by atoms with van der Waals surface area (Å²) in [4.78, 5) is 0. The lowest BCUT2D eigenvalue weighted by molar-refractivity contribution is -0.250. The first-order chi connectivity index (χ1) is 7.84. The first kappa shape index (κ1) is 12.7. The molecule has 0 bridgehead atoms. The quantitative estimate of drug-likeness (QED) is 0.702. The fourth-order valence-corrected chi connectivity index (χ4v) is 2.32. The zero-order chi connectivity index (χ0) is 12.8. The van der Waals surface area contributed by atoms with E-state index in [-0.39, 0.29) is 0 Å². The van der Waals surface area contributed by atoms with Crippen molar-refractivity contribution in [3.05, 3.63) is 0 Å². The monoisotopic (exact) mass is 242 g/mol. The summed E-state index contributed by atoms with van der Waals surface area (Å²) in [7, 11) is 1.53. The molecule has 0 aromatic carbocycles. The van der Waals surface area contributed by atoms with Crippen molar-refractivity contribution in [3.63, 3.8) is 0 Å². The maximum atomic E-state index is 9.27. The van der Waals surface area contributed by atoms with Crippen molar-refractivity contribution < 1.29 is 18.9 Å². The van der Waals surface area contributed by atoms with Crippen LogP contribution in [0.5, 0.6) is 0 Å². The fraction of sp³-hybridized carbons (Fsp3) is 0.909. The van der Waals surface area contributed by atoms with E-state index in [0.29, 0.717) is 0 Å². The summed E-state index contributed by atoms with van der Waals surface area (Å²) in [5.74, 6) is -0.791. The number of nitrogens with zero attached hydrogens (tertiary/aromatic N) is 1. The number of rotatable bonds is 1. The van der Waals surface area contributed by atoms with E-state index >= 15 is 0 Å². The first-order valence-corrected chi connectivity index (χ1v) is 5.58. The molecule has 0 spiro atoms. The highest BCUT2D eigenvalue weighted by molar-refractivity contribution is 5.20. The normalized spacial score (nSPS) is 48.5. The highest BCUT2D eigenvalue weighted by atomic mass is 16.8. The van der Waals surface area contributed by atoms with Crippen molar-refractivity contribution in [2.75, 3.05) is 7.11 Å². The molecule has 0 radical (unpaired) electrons. The van der Waals surface area contributed by atoms with Gasteiger partial charge in [-0.05, 0) is 20.8 Å². The minimum absolute atomic E-state index is 0.490. The molecule has 2 aliphatic rings. The average Bonchev–Trinajstić information content (AvgIpc) is 2.60. The average molecular weight is 242 g/mol. The Balaban J connectivity index is 2.35. The molecule has 0 aromatic rings. The predicted octanol–water partition coefficient (Wildman–Crippen LogP) is 0.119. The smallest absolute Gasteiger partial charge is 0.186 e. The Morgan fingerprint density at radius 3 is 2.53 bits per heavy atom. The summed E-state index contributed by atoms with van der Waals surface area (Å²) in [5.41, 5.74) is 4.85. The maximum absolute atomic E-state index is 9.27. The summed E-state index contributed by atoms with van der Waals surface area (Å²) < 4.78 is 22.2. The number of nitrogens with two attached hydrogens (primary N) is 1. The molecular formula is C11H18N2O4. The molecule has 2 aliphatic heterocycles. The molecule has 0 aliphatic carbocycles. The minimum Gasteiger partial charge on any atom is -0.353 e. The van der Waals surface area contributed by atoms with Gasteiger partial charge >= 0.3 is 0 Å². The molecule has 2 heterocycles. The highest BCUT2D eigenvalue weighted by Crippen LogP contribution is 2.41. The van der Waals surface area contributed by atoms with E-state index in [0.717, 1.165) is 0 Å². The number of hydrogen-bond acceptors (Lipinski definition) is 6. The van der Waals surface area contributed by atoms with Crippen molar-refractivity contribution >= 4 is 0 Å². The second-order valence-corrected chi connectivity index (χ2v) is 4.95. The molecule has 17 heavy (non-hydrogen) atoms. The van der Waals surface area contributed by atoms with Gasteiger partial charge in [-0.15, -0.1) is 0 Å². The zero-order valence-electron chi connectivity index (χ0n) is 10.5. The highest BCUT2D eigenvalue weighted by Gasteiger charge is 2.61. The van der Waals surface area contributed by atoms with E-state index in [9.17, 15) is 5.26 Å². The van der Waals surface area contributed by atoms with Crippen LogP contribution in [-0.2, 0) is 18.9 Å².